The van der Waals surface area contributed by atoms with Gasteiger partial charge in [-0.25, -0.2) is 9.87 Å². The Labute approximate surface area is 134 Å². The van der Waals surface area contributed by atoms with E-state index in [1.54, 1.807) is 18.5 Å². The van der Waals surface area contributed by atoms with Gasteiger partial charge in [0.2, 0.25) is 0 Å². The standard InChI is InChI=1S/C19H18FNO2/c1-12-15(8-5-9-18(12)20)16-10-14(11-17(16)19(22)21-23)13-6-3-2-4-7-13/h2-9,11,16-17,23H,10H2,1H3,(H,21,22). The molecule has 1 amide bonds. The van der Waals surface area contributed by atoms with Crippen LogP contribution in [0.15, 0.2) is 54.6 Å². The number of halogens is 1. The summed E-state index contributed by atoms with van der Waals surface area (Å²) in [6, 6.07) is 14.7. The summed E-state index contributed by atoms with van der Waals surface area (Å²) >= 11 is 0. The van der Waals surface area contributed by atoms with Crippen LogP contribution in [0.4, 0.5) is 4.39 Å². The smallest absolute Gasteiger partial charge is 0.250 e. The van der Waals surface area contributed by atoms with Crippen molar-refractivity contribution < 1.29 is 14.4 Å². The van der Waals surface area contributed by atoms with Gasteiger partial charge in [-0.3, -0.25) is 10.0 Å². The van der Waals surface area contributed by atoms with Gasteiger partial charge in [-0.1, -0.05) is 48.5 Å². The molecule has 0 saturated carbocycles. The second-order valence-corrected chi connectivity index (χ2v) is 5.82. The molecule has 118 valence electrons. The van der Waals surface area contributed by atoms with Crippen LogP contribution in [0.3, 0.4) is 0 Å². The second-order valence-electron chi connectivity index (χ2n) is 5.82. The average Bonchev–Trinajstić information content (AvgIpc) is 3.02. The number of rotatable bonds is 3. The van der Waals surface area contributed by atoms with E-state index in [4.69, 9.17) is 5.21 Å². The van der Waals surface area contributed by atoms with Gasteiger partial charge in [0.15, 0.2) is 0 Å². The summed E-state index contributed by atoms with van der Waals surface area (Å²) in [5, 5.41) is 9.04. The van der Waals surface area contributed by atoms with E-state index in [9.17, 15) is 9.18 Å². The summed E-state index contributed by atoms with van der Waals surface area (Å²) in [5.74, 6) is -1.45. The largest absolute Gasteiger partial charge is 0.289 e. The Hall–Kier alpha value is -2.46. The molecule has 23 heavy (non-hydrogen) atoms. The van der Waals surface area contributed by atoms with Gasteiger partial charge in [-0.2, -0.15) is 0 Å². The molecule has 0 spiro atoms. The lowest BCUT2D eigenvalue weighted by atomic mass is 9.84. The predicted octanol–water partition coefficient (Wildman–Crippen LogP) is 3.83. The number of hydrogen-bond acceptors (Lipinski definition) is 2. The maximum absolute atomic E-state index is 13.9. The fourth-order valence-electron chi connectivity index (χ4n) is 3.29. The first-order valence-electron chi connectivity index (χ1n) is 7.57. The molecule has 2 unspecified atom stereocenters. The van der Waals surface area contributed by atoms with E-state index in [1.807, 2.05) is 42.5 Å². The minimum atomic E-state index is -0.518. The first kappa shape index (κ1) is 15.4. The van der Waals surface area contributed by atoms with Crippen LogP contribution in [0.25, 0.3) is 5.57 Å². The Bertz CT molecular complexity index is 755. The molecule has 2 aromatic rings. The molecule has 0 aliphatic heterocycles. The maximum Gasteiger partial charge on any atom is 0.250 e. The third-order valence-electron chi connectivity index (χ3n) is 4.52. The first-order valence-corrected chi connectivity index (χ1v) is 7.57. The number of hydrogen-bond donors (Lipinski definition) is 2. The van der Waals surface area contributed by atoms with Crippen molar-refractivity contribution in [1.82, 2.24) is 5.48 Å². The van der Waals surface area contributed by atoms with E-state index in [-0.39, 0.29) is 11.7 Å². The van der Waals surface area contributed by atoms with Gasteiger partial charge in [-0.05, 0) is 41.7 Å². The normalized spacial score (nSPS) is 20.2. The molecule has 0 fully saturated rings. The zero-order chi connectivity index (χ0) is 16.4. The summed E-state index contributed by atoms with van der Waals surface area (Å²) in [6.07, 6.45) is 2.50. The molecule has 1 aliphatic carbocycles. The van der Waals surface area contributed by atoms with E-state index in [2.05, 4.69) is 0 Å². The number of carbonyl (C=O) groups excluding carboxylic acids is 1. The highest BCUT2D eigenvalue weighted by Crippen LogP contribution is 2.44. The van der Waals surface area contributed by atoms with Crippen LogP contribution in [0.5, 0.6) is 0 Å². The number of carbonyl (C=O) groups is 1. The summed E-state index contributed by atoms with van der Waals surface area (Å²) in [4.78, 5) is 12.1. The van der Waals surface area contributed by atoms with Crippen LogP contribution in [0, 0.1) is 18.7 Å². The van der Waals surface area contributed by atoms with Gasteiger partial charge in [0.25, 0.3) is 5.91 Å². The van der Waals surface area contributed by atoms with E-state index < -0.39 is 11.8 Å². The number of benzene rings is 2. The summed E-state index contributed by atoms with van der Waals surface area (Å²) in [6.45, 7) is 1.72. The molecule has 3 nitrogen and oxygen atoms in total. The Morgan fingerprint density at radius 1 is 1.17 bits per heavy atom. The SMILES string of the molecule is Cc1c(F)cccc1C1CC(c2ccccc2)=CC1C(=O)NO. The molecule has 1 aliphatic rings. The minimum absolute atomic E-state index is 0.187. The number of hydroxylamine groups is 1. The highest BCUT2D eigenvalue weighted by Gasteiger charge is 2.35. The number of nitrogens with one attached hydrogen (secondary N) is 1. The van der Waals surface area contributed by atoms with Crippen molar-refractivity contribution in [3.63, 3.8) is 0 Å². The molecule has 0 bridgehead atoms. The summed E-state index contributed by atoms with van der Waals surface area (Å²) in [7, 11) is 0. The molecular formula is C19H18FNO2. The molecule has 0 heterocycles. The van der Waals surface area contributed by atoms with Gasteiger partial charge in [0.05, 0.1) is 5.92 Å². The van der Waals surface area contributed by atoms with E-state index in [0.717, 1.165) is 16.7 Å². The fraction of sp³-hybridized carbons (Fsp3) is 0.211. The van der Waals surface area contributed by atoms with Crippen LogP contribution >= 0.6 is 0 Å². The third-order valence-corrected chi connectivity index (χ3v) is 4.52. The Balaban J connectivity index is 2.01. The second kappa shape index (κ2) is 6.34. The van der Waals surface area contributed by atoms with E-state index >= 15 is 0 Å². The maximum atomic E-state index is 13.9. The highest BCUT2D eigenvalue weighted by atomic mass is 19.1. The summed E-state index contributed by atoms with van der Waals surface area (Å²) in [5.41, 5.74) is 5.17. The quantitative estimate of drug-likeness (QED) is 0.668. The molecule has 2 aromatic carbocycles. The zero-order valence-electron chi connectivity index (χ0n) is 12.8. The van der Waals surface area contributed by atoms with Gasteiger partial charge >= 0.3 is 0 Å². The number of amides is 1. The molecule has 0 radical (unpaired) electrons. The van der Waals surface area contributed by atoms with Gasteiger partial charge in [0, 0.05) is 5.92 Å². The van der Waals surface area contributed by atoms with E-state index in [1.165, 1.54) is 6.07 Å². The Morgan fingerprint density at radius 3 is 2.61 bits per heavy atom. The molecule has 0 saturated heterocycles. The van der Waals surface area contributed by atoms with Crippen LogP contribution in [0.1, 0.15) is 29.0 Å². The Morgan fingerprint density at radius 2 is 1.91 bits per heavy atom. The van der Waals surface area contributed by atoms with Crippen molar-refractivity contribution in [2.24, 2.45) is 5.92 Å². The van der Waals surface area contributed by atoms with Crippen LogP contribution in [-0.2, 0) is 4.79 Å². The van der Waals surface area contributed by atoms with E-state index in [0.29, 0.717) is 12.0 Å². The molecule has 3 rings (SSSR count). The lowest BCUT2D eigenvalue weighted by Gasteiger charge is -2.20. The van der Waals surface area contributed by atoms with Crippen LogP contribution < -0.4 is 5.48 Å². The topological polar surface area (TPSA) is 49.3 Å². The highest BCUT2D eigenvalue weighted by molar-refractivity contribution is 5.86. The van der Waals surface area contributed by atoms with Crippen molar-refractivity contribution in [1.29, 1.82) is 0 Å². The molecular weight excluding hydrogens is 293 g/mol. The molecule has 4 heteroatoms. The fourth-order valence-corrected chi connectivity index (χ4v) is 3.29. The lowest BCUT2D eigenvalue weighted by Crippen LogP contribution is -2.29. The van der Waals surface area contributed by atoms with Crippen molar-refractivity contribution in [3.8, 4) is 0 Å². The lowest BCUT2D eigenvalue weighted by molar-refractivity contribution is -0.132. The van der Waals surface area contributed by atoms with Gasteiger partial charge < -0.3 is 0 Å². The van der Waals surface area contributed by atoms with Gasteiger partial charge in [-0.15, -0.1) is 0 Å². The minimum Gasteiger partial charge on any atom is -0.289 e. The van der Waals surface area contributed by atoms with Crippen molar-refractivity contribution >= 4 is 11.5 Å². The predicted molar refractivity (Wildman–Crippen MR) is 86.3 cm³/mol. The molecule has 0 aromatic heterocycles. The van der Waals surface area contributed by atoms with Crippen molar-refractivity contribution in [3.05, 3.63) is 77.1 Å². The molecule has 2 N–H and O–H groups in total. The zero-order valence-corrected chi connectivity index (χ0v) is 12.8. The Kier molecular flexibility index (Phi) is 4.26. The first-order chi connectivity index (χ1) is 11.1. The van der Waals surface area contributed by atoms with Crippen LogP contribution in [-0.4, -0.2) is 11.1 Å². The van der Waals surface area contributed by atoms with Gasteiger partial charge in [0.1, 0.15) is 5.82 Å². The monoisotopic (exact) mass is 311 g/mol. The van der Waals surface area contributed by atoms with Crippen molar-refractivity contribution in [2.75, 3.05) is 0 Å². The number of allylic oxidation sites excluding steroid dienone is 1. The average molecular weight is 311 g/mol. The summed E-state index contributed by atoms with van der Waals surface area (Å²) < 4.78 is 13.9. The molecule has 2 atom stereocenters. The van der Waals surface area contributed by atoms with Crippen LogP contribution in [0.2, 0.25) is 0 Å². The third kappa shape index (κ3) is 2.90. The van der Waals surface area contributed by atoms with Crippen molar-refractivity contribution in [2.45, 2.75) is 19.3 Å².